The summed E-state index contributed by atoms with van der Waals surface area (Å²) in [5.74, 6) is 1.04. The lowest BCUT2D eigenvalue weighted by atomic mass is 9.96. The lowest BCUT2D eigenvalue weighted by Gasteiger charge is -2.25. The highest BCUT2D eigenvalue weighted by Gasteiger charge is 2.23. The maximum atomic E-state index is 10.3. The molecule has 0 saturated carbocycles. The van der Waals surface area contributed by atoms with Crippen LogP contribution in [0.5, 0.6) is 5.75 Å². The molecule has 2 atom stereocenters. The summed E-state index contributed by atoms with van der Waals surface area (Å²) in [5.41, 5.74) is 0.830. The molecule has 1 aromatic rings. The van der Waals surface area contributed by atoms with Crippen LogP contribution in [0, 0.1) is 5.92 Å². The first-order valence-corrected chi connectivity index (χ1v) is 6.03. The summed E-state index contributed by atoms with van der Waals surface area (Å²) in [4.78, 5) is 0. The highest BCUT2D eigenvalue weighted by atomic mass is 16.5. The first-order chi connectivity index (χ1) is 8.10. The topological polar surface area (TPSA) is 38.7 Å². The molecule has 1 N–H and O–H groups in total. The van der Waals surface area contributed by atoms with Gasteiger partial charge in [0.1, 0.15) is 11.9 Å². The number of rotatable bonds is 6. The number of hydrogen-bond acceptors (Lipinski definition) is 3. The summed E-state index contributed by atoms with van der Waals surface area (Å²) in [6.45, 7) is 6.63. The van der Waals surface area contributed by atoms with E-state index < -0.39 is 6.10 Å². The van der Waals surface area contributed by atoms with E-state index in [1.807, 2.05) is 45.0 Å². The van der Waals surface area contributed by atoms with Crippen LogP contribution in [0.15, 0.2) is 24.3 Å². The summed E-state index contributed by atoms with van der Waals surface area (Å²) < 4.78 is 10.8. The van der Waals surface area contributed by atoms with Crippen LogP contribution in [0.25, 0.3) is 0 Å². The molecule has 0 heterocycles. The predicted octanol–water partition coefficient (Wildman–Crippen LogP) is 2.79. The average molecular weight is 238 g/mol. The molecule has 2 unspecified atom stereocenters. The van der Waals surface area contributed by atoms with Crippen LogP contribution in [0.3, 0.4) is 0 Å². The fourth-order valence-electron chi connectivity index (χ4n) is 1.91. The molecule has 3 heteroatoms. The zero-order chi connectivity index (χ0) is 12.8. The molecule has 1 aromatic carbocycles. The zero-order valence-corrected chi connectivity index (χ0v) is 11.0. The lowest BCUT2D eigenvalue weighted by Crippen LogP contribution is -2.26. The van der Waals surface area contributed by atoms with Gasteiger partial charge in [-0.25, -0.2) is 0 Å². The van der Waals surface area contributed by atoms with E-state index in [2.05, 4.69) is 0 Å². The van der Waals surface area contributed by atoms with E-state index >= 15 is 0 Å². The highest BCUT2D eigenvalue weighted by Crippen LogP contribution is 2.26. The minimum Gasteiger partial charge on any atom is -0.494 e. The Labute approximate surface area is 103 Å². The fraction of sp³-hybridized carbons (Fsp3) is 0.571. The number of hydrogen-bond donors (Lipinski definition) is 1. The van der Waals surface area contributed by atoms with Crippen LogP contribution in [-0.2, 0) is 4.74 Å². The smallest absolute Gasteiger partial charge is 0.119 e. The Bertz CT molecular complexity index is 336. The van der Waals surface area contributed by atoms with E-state index in [-0.39, 0.29) is 12.0 Å². The summed E-state index contributed by atoms with van der Waals surface area (Å²) >= 11 is 0. The van der Waals surface area contributed by atoms with Gasteiger partial charge in [0.2, 0.25) is 0 Å². The Balaban J connectivity index is 2.86. The van der Waals surface area contributed by atoms with Crippen LogP contribution in [0.1, 0.15) is 32.4 Å². The molecule has 0 saturated heterocycles. The average Bonchev–Trinajstić information content (AvgIpc) is 2.30. The lowest BCUT2D eigenvalue weighted by molar-refractivity contribution is -0.0391. The van der Waals surface area contributed by atoms with Crippen molar-refractivity contribution < 1.29 is 14.6 Å². The molecule has 0 amide bonds. The number of methoxy groups -OCH3 is 1. The van der Waals surface area contributed by atoms with E-state index in [0.29, 0.717) is 6.61 Å². The number of aliphatic hydroxyl groups is 1. The molecule has 3 nitrogen and oxygen atoms in total. The normalized spacial score (nSPS) is 14.7. The quantitative estimate of drug-likeness (QED) is 0.828. The van der Waals surface area contributed by atoms with Gasteiger partial charge in [-0.2, -0.15) is 0 Å². The second-order valence-electron chi connectivity index (χ2n) is 4.39. The monoisotopic (exact) mass is 238 g/mol. The van der Waals surface area contributed by atoms with Crippen molar-refractivity contribution >= 4 is 0 Å². The summed E-state index contributed by atoms with van der Waals surface area (Å²) in [5, 5.41) is 10.3. The molecule has 0 aromatic heterocycles. The molecule has 0 radical (unpaired) electrons. The van der Waals surface area contributed by atoms with E-state index in [1.165, 1.54) is 0 Å². The van der Waals surface area contributed by atoms with Gasteiger partial charge in [0.25, 0.3) is 0 Å². The molecular weight excluding hydrogens is 216 g/mol. The summed E-state index contributed by atoms with van der Waals surface area (Å²) in [6.07, 6.45) is -0.827. The standard InChI is InChI=1S/C14H22O3/c1-5-17-12-8-6-7-11(9-12)13(15)14(16-4)10(2)3/h6-10,13-15H,5H2,1-4H3. The Hall–Kier alpha value is -1.06. The van der Waals surface area contributed by atoms with Crippen molar-refractivity contribution in [3.05, 3.63) is 29.8 Å². The van der Waals surface area contributed by atoms with E-state index in [4.69, 9.17) is 9.47 Å². The van der Waals surface area contributed by atoms with Crippen molar-refractivity contribution in [2.24, 2.45) is 5.92 Å². The van der Waals surface area contributed by atoms with Gasteiger partial charge in [-0.3, -0.25) is 0 Å². The molecular formula is C14H22O3. The van der Waals surface area contributed by atoms with Crippen LogP contribution >= 0.6 is 0 Å². The third-order valence-corrected chi connectivity index (χ3v) is 2.75. The van der Waals surface area contributed by atoms with E-state index in [1.54, 1.807) is 7.11 Å². The second-order valence-corrected chi connectivity index (χ2v) is 4.39. The minimum absolute atomic E-state index is 0.202. The first kappa shape index (κ1) is 14.0. The molecule has 17 heavy (non-hydrogen) atoms. The van der Waals surface area contributed by atoms with Crippen LogP contribution < -0.4 is 4.74 Å². The van der Waals surface area contributed by atoms with Gasteiger partial charge in [-0.05, 0) is 30.5 Å². The first-order valence-electron chi connectivity index (χ1n) is 6.03. The third kappa shape index (κ3) is 3.72. The number of benzene rings is 1. The summed E-state index contributed by atoms with van der Waals surface area (Å²) in [6, 6.07) is 7.53. The van der Waals surface area contributed by atoms with Gasteiger partial charge in [0, 0.05) is 7.11 Å². The van der Waals surface area contributed by atoms with Gasteiger partial charge in [0.05, 0.1) is 12.7 Å². The van der Waals surface area contributed by atoms with Crippen LogP contribution in [-0.4, -0.2) is 24.9 Å². The highest BCUT2D eigenvalue weighted by molar-refractivity contribution is 5.30. The third-order valence-electron chi connectivity index (χ3n) is 2.75. The predicted molar refractivity (Wildman–Crippen MR) is 68.2 cm³/mol. The number of ether oxygens (including phenoxy) is 2. The van der Waals surface area contributed by atoms with E-state index in [0.717, 1.165) is 11.3 Å². The Morgan fingerprint density at radius 3 is 2.53 bits per heavy atom. The molecule has 0 aliphatic carbocycles. The minimum atomic E-state index is -0.625. The van der Waals surface area contributed by atoms with E-state index in [9.17, 15) is 5.11 Å². The van der Waals surface area contributed by atoms with Crippen molar-refractivity contribution in [2.45, 2.75) is 33.0 Å². The van der Waals surface area contributed by atoms with Crippen molar-refractivity contribution in [3.63, 3.8) is 0 Å². The SMILES string of the molecule is CCOc1cccc(C(O)C(OC)C(C)C)c1. The number of aliphatic hydroxyl groups excluding tert-OH is 1. The Morgan fingerprint density at radius 1 is 1.29 bits per heavy atom. The molecule has 0 aliphatic heterocycles. The van der Waals surface area contributed by atoms with Gasteiger partial charge in [0.15, 0.2) is 0 Å². The largest absolute Gasteiger partial charge is 0.494 e. The van der Waals surface area contributed by atoms with Gasteiger partial charge in [-0.1, -0.05) is 26.0 Å². The molecule has 1 rings (SSSR count). The molecule has 0 bridgehead atoms. The zero-order valence-electron chi connectivity index (χ0n) is 11.0. The van der Waals surface area contributed by atoms with Crippen LogP contribution in [0.2, 0.25) is 0 Å². The second kappa shape index (κ2) is 6.62. The Kier molecular flexibility index (Phi) is 5.45. The van der Waals surface area contributed by atoms with Gasteiger partial charge in [-0.15, -0.1) is 0 Å². The maximum absolute atomic E-state index is 10.3. The van der Waals surface area contributed by atoms with Crippen molar-refractivity contribution in [1.29, 1.82) is 0 Å². The van der Waals surface area contributed by atoms with Crippen molar-refractivity contribution in [1.82, 2.24) is 0 Å². The van der Waals surface area contributed by atoms with Gasteiger partial charge < -0.3 is 14.6 Å². The van der Waals surface area contributed by atoms with Crippen molar-refractivity contribution in [3.8, 4) is 5.75 Å². The Morgan fingerprint density at radius 2 is 2.00 bits per heavy atom. The molecule has 0 spiro atoms. The molecule has 0 fully saturated rings. The molecule has 0 aliphatic rings. The fourth-order valence-corrected chi connectivity index (χ4v) is 1.91. The summed E-state index contributed by atoms with van der Waals surface area (Å²) in [7, 11) is 1.63. The van der Waals surface area contributed by atoms with Gasteiger partial charge >= 0.3 is 0 Å². The maximum Gasteiger partial charge on any atom is 0.119 e. The molecule has 96 valence electrons. The van der Waals surface area contributed by atoms with Crippen LogP contribution in [0.4, 0.5) is 0 Å². The van der Waals surface area contributed by atoms with Crippen molar-refractivity contribution in [2.75, 3.05) is 13.7 Å².